The standard InChI is InChI=1S/C20H25FN2O2/c1-2-22-20(25-15-16-11-13-17(21)14-12-16)10-6-9-19(24)23-18-7-4-3-5-8-18/h2,6,10-14,18H,1,3-5,7-9,15H2,(H,23,24)/b10-6-,22-20?. The van der Waals surface area contributed by atoms with Gasteiger partial charge in [-0.2, -0.15) is 0 Å². The Balaban J connectivity index is 1.78. The average molecular weight is 344 g/mol. The normalized spacial score (nSPS) is 16.0. The largest absolute Gasteiger partial charge is 0.473 e. The van der Waals surface area contributed by atoms with Gasteiger partial charge in [0.1, 0.15) is 12.4 Å². The maximum Gasteiger partial charge on any atom is 0.224 e. The summed E-state index contributed by atoms with van der Waals surface area (Å²) in [6.07, 6.45) is 10.8. The molecule has 0 spiro atoms. The molecule has 1 aromatic carbocycles. The van der Waals surface area contributed by atoms with Gasteiger partial charge in [0.05, 0.1) is 0 Å². The third-order valence-electron chi connectivity index (χ3n) is 4.05. The number of nitrogens with zero attached hydrogens (tertiary/aromatic N) is 1. The van der Waals surface area contributed by atoms with Gasteiger partial charge in [-0.25, -0.2) is 9.38 Å². The van der Waals surface area contributed by atoms with Gasteiger partial charge in [0.25, 0.3) is 0 Å². The lowest BCUT2D eigenvalue weighted by atomic mass is 9.95. The van der Waals surface area contributed by atoms with Gasteiger partial charge in [0.2, 0.25) is 11.8 Å². The molecule has 0 unspecified atom stereocenters. The number of rotatable bonds is 7. The summed E-state index contributed by atoms with van der Waals surface area (Å²) in [6, 6.07) is 6.39. The highest BCUT2D eigenvalue weighted by Crippen LogP contribution is 2.17. The summed E-state index contributed by atoms with van der Waals surface area (Å²) in [5.74, 6) is 0.0945. The summed E-state index contributed by atoms with van der Waals surface area (Å²) >= 11 is 0. The van der Waals surface area contributed by atoms with Crippen LogP contribution in [0.15, 0.2) is 54.2 Å². The molecular formula is C20H25FN2O2. The van der Waals surface area contributed by atoms with E-state index in [1.54, 1.807) is 24.3 Å². The number of hydrogen-bond acceptors (Lipinski definition) is 3. The molecule has 25 heavy (non-hydrogen) atoms. The molecule has 5 heteroatoms. The van der Waals surface area contributed by atoms with Crippen LogP contribution in [-0.4, -0.2) is 17.8 Å². The molecule has 0 bridgehead atoms. The number of ether oxygens (including phenoxy) is 1. The summed E-state index contributed by atoms with van der Waals surface area (Å²) < 4.78 is 18.5. The molecule has 0 heterocycles. The van der Waals surface area contributed by atoms with Crippen LogP contribution in [0.5, 0.6) is 0 Å². The Morgan fingerprint density at radius 1 is 1.28 bits per heavy atom. The van der Waals surface area contributed by atoms with Crippen molar-refractivity contribution in [2.75, 3.05) is 0 Å². The number of hydrogen-bond donors (Lipinski definition) is 1. The third kappa shape index (κ3) is 7.33. The zero-order valence-electron chi connectivity index (χ0n) is 14.4. The molecule has 0 aliphatic heterocycles. The first-order valence-electron chi connectivity index (χ1n) is 8.69. The van der Waals surface area contributed by atoms with E-state index in [0.29, 0.717) is 11.9 Å². The predicted octanol–water partition coefficient (Wildman–Crippen LogP) is 4.28. The van der Waals surface area contributed by atoms with Crippen molar-refractivity contribution >= 4 is 11.8 Å². The molecule has 0 radical (unpaired) electrons. The minimum Gasteiger partial charge on any atom is -0.473 e. The fourth-order valence-electron chi connectivity index (χ4n) is 2.76. The Morgan fingerprint density at radius 2 is 2.00 bits per heavy atom. The van der Waals surface area contributed by atoms with Gasteiger partial charge in [-0.15, -0.1) is 0 Å². The SMILES string of the molecule is C=CN=C(/C=C\CC(=O)NC1CCCCC1)OCc1ccc(F)cc1. The highest BCUT2D eigenvalue weighted by Gasteiger charge is 2.14. The van der Waals surface area contributed by atoms with Gasteiger partial charge < -0.3 is 10.1 Å². The average Bonchev–Trinajstić information content (AvgIpc) is 2.62. The van der Waals surface area contributed by atoms with Crippen LogP contribution < -0.4 is 5.32 Å². The van der Waals surface area contributed by atoms with Gasteiger partial charge in [0, 0.05) is 18.7 Å². The molecule has 1 saturated carbocycles. The van der Waals surface area contributed by atoms with Crippen molar-refractivity contribution < 1.29 is 13.9 Å². The lowest BCUT2D eigenvalue weighted by Gasteiger charge is -2.22. The molecule has 0 atom stereocenters. The first-order chi connectivity index (χ1) is 12.2. The van der Waals surface area contributed by atoms with Crippen LogP contribution in [0.4, 0.5) is 4.39 Å². The van der Waals surface area contributed by atoms with E-state index in [9.17, 15) is 9.18 Å². The van der Waals surface area contributed by atoms with Gasteiger partial charge in [-0.05, 0) is 36.6 Å². The van der Waals surface area contributed by atoms with Crippen LogP contribution in [0.2, 0.25) is 0 Å². The molecule has 1 fully saturated rings. The fourth-order valence-corrected chi connectivity index (χ4v) is 2.76. The Morgan fingerprint density at radius 3 is 2.68 bits per heavy atom. The number of carbonyl (C=O) groups excluding carboxylic acids is 1. The number of halogens is 1. The first kappa shape index (κ1) is 18.9. The van der Waals surface area contributed by atoms with Crippen molar-refractivity contribution in [1.29, 1.82) is 0 Å². The monoisotopic (exact) mass is 344 g/mol. The van der Waals surface area contributed by atoms with E-state index in [-0.39, 0.29) is 24.8 Å². The second-order valence-corrected chi connectivity index (χ2v) is 6.07. The molecule has 1 aliphatic carbocycles. The minimum atomic E-state index is -0.285. The Labute approximate surface area is 148 Å². The molecule has 1 aliphatic rings. The molecule has 0 aromatic heterocycles. The van der Waals surface area contributed by atoms with Gasteiger partial charge in [-0.3, -0.25) is 4.79 Å². The Kier molecular flexibility index (Phi) is 7.89. The van der Waals surface area contributed by atoms with Crippen molar-refractivity contribution in [2.45, 2.75) is 51.2 Å². The third-order valence-corrected chi connectivity index (χ3v) is 4.05. The zero-order valence-corrected chi connectivity index (χ0v) is 14.4. The highest BCUT2D eigenvalue weighted by molar-refractivity contribution is 5.89. The summed E-state index contributed by atoms with van der Waals surface area (Å²) in [5, 5.41) is 3.06. The second-order valence-electron chi connectivity index (χ2n) is 6.07. The molecule has 1 aromatic rings. The number of amides is 1. The van der Waals surface area contributed by atoms with E-state index in [4.69, 9.17) is 4.74 Å². The van der Waals surface area contributed by atoms with Crippen molar-refractivity contribution in [3.05, 3.63) is 60.6 Å². The topological polar surface area (TPSA) is 50.7 Å². The van der Waals surface area contributed by atoms with Crippen LogP contribution in [0.3, 0.4) is 0 Å². The van der Waals surface area contributed by atoms with Crippen molar-refractivity contribution in [3.63, 3.8) is 0 Å². The van der Waals surface area contributed by atoms with Gasteiger partial charge in [0.15, 0.2) is 0 Å². The smallest absolute Gasteiger partial charge is 0.224 e. The first-order valence-corrected chi connectivity index (χ1v) is 8.69. The number of carbonyl (C=O) groups is 1. The zero-order chi connectivity index (χ0) is 17.9. The van der Waals surface area contributed by atoms with Gasteiger partial charge in [-0.1, -0.05) is 44.1 Å². The predicted molar refractivity (Wildman–Crippen MR) is 97.6 cm³/mol. The molecule has 2 rings (SSSR count). The van der Waals surface area contributed by atoms with E-state index >= 15 is 0 Å². The van der Waals surface area contributed by atoms with Crippen LogP contribution in [-0.2, 0) is 16.1 Å². The van der Waals surface area contributed by atoms with Crippen molar-refractivity contribution in [1.82, 2.24) is 5.32 Å². The number of benzene rings is 1. The number of aliphatic imine (C=N–C) groups is 1. The number of nitrogens with one attached hydrogen (secondary N) is 1. The lowest BCUT2D eigenvalue weighted by Crippen LogP contribution is -2.35. The minimum absolute atomic E-state index is 0.0136. The molecule has 0 saturated heterocycles. The van der Waals surface area contributed by atoms with Crippen LogP contribution in [0.1, 0.15) is 44.1 Å². The van der Waals surface area contributed by atoms with E-state index in [0.717, 1.165) is 18.4 Å². The van der Waals surface area contributed by atoms with E-state index in [2.05, 4.69) is 16.9 Å². The molecule has 4 nitrogen and oxygen atoms in total. The van der Waals surface area contributed by atoms with E-state index < -0.39 is 0 Å². The fraction of sp³-hybridized carbons (Fsp3) is 0.400. The molecule has 134 valence electrons. The summed E-state index contributed by atoms with van der Waals surface area (Å²) in [7, 11) is 0. The highest BCUT2D eigenvalue weighted by atomic mass is 19.1. The van der Waals surface area contributed by atoms with Gasteiger partial charge >= 0.3 is 0 Å². The van der Waals surface area contributed by atoms with Crippen molar-refractivity contribution in [2.24, 2.45) is 4.99 Å². The van der Waals surface area contributed by atoms with E-state index in [1.165, 1.54) is 37.6 Å². The maximum absolute atomic E-state index is 12.9. The molecule has 1 amide bonds. The molecular weight excluding hydrogens is 319 g/mol. The van der Waals surface area contributed by atoms with Crippen LogP contribution >= 0.6 is 0 Å². The summed E-state index contributed by atoms with van der Waals surface area (Å²) in [5.41, 5.74) is 0.835. The van der Waals surface area contributed by atoms with Crippen molar-refractivity contribution in [3.8, 4) is 0 Å². The lowest BCUT2D eigenvalue weighted by molar-refractivity contribution is -0.121. The Bertz CT molecular complexity index is 617. The summed E-state index contributed by atoms with van der Waals surface area (Å²) in [4.78, 5) is 16.0. The van der Waals surface area contributed by atoms with E-state index in [1.807, 2.05) is 0 Å². The van der Waals surface area contributed by atoms with Crippen LogP contribution in [0.25, 0.3) is 0 Å². The maximum atomic E-state index is 12.9. The quantitative estimate of drug-likeness (QED) is 0.593. The second kappa shape index (κ2) is 10.4. The molecule has 1 N–H and O–H groups in total. The van der Waals surface area contributed by atoms with Crippen LogP contribution in [0, 0.1) is 5.82 Å². The summed E-state index contributed by atoms with van der Waals surface area (Å²) in [6.45, 7) is 3.83. The Hall–Kier alpha value is -2.43.